The normalized spacial score (nSPS) is 16.6. The largest absolute Gasteiger partial charge is 0.403 e. The predicted molar refractivity (Wildman–Crippen MR) is 87.4 cm³/mol. The molecule has 1 aromatic carbocycles. The molecule has 1 fully saturated rings. The van der Waals surface area contributed by atoms with E-state index >= 15 is 0 Å². The molecule has 0 atom stereocenters. The molecule has 2 aromatic rings. The van der Waals surface area contributed by atoms with Crippen LogP contribution in [0.4, 0.5) is 14.8 Å². The van der Waals surface area contributed by atoms with E-state index in [0.717, 1.165) is 18.4 Å². The lowest BCUT2D eigenvalue weighted by Gasteiger charge is -2.29. The standard InChI is InChI=1S/C15H16F2N4O4S/c1-26(23,24)21-6-4-9(5-7-21)13(22)18-15-20-19-14(25-15)11-3-2-10(16)8-12(11)17/h2-3,8-9H,4-7H2,1H3,(H,18,20,22). The van der Waals surface area contributed by atoms with Crippen LogP contribution in [0.5, 0.6) is 0 Å². The van der Waals surface area contributed by atoms with Crippen molar-refractivity contribution in [1.29, 1.82) is 0 Å². The molecule has 0 bridgehead atoms. The third kappa shape index (κ3) is 4.05. The van der Waals surface area contributed by atoms with Crippen molar-refractivity contribution in [3.05, 3.63) is 29.8 Å². The number of rotatable bonds is 4. The van der Waals surface area contributed by atoms with Gasteiger partial charge in [-0.2, -0.15) is 0 Å². The van der Waals surface area contributed by atoms with Crippen LogP contribution in [0.2, 0.25) is 0 Å². The number of sulfonamides is 1. The molecule has 0 spiro atoms. The van der Waals surface area contributed by atoms with Crippen molar-refractivity contribution in [2.75, 3.05) is 24.7 Å². The quantitative estimate of drug-likeness (QED) is 0.856. The molecule has 0 radical (unpaired) electrons. The summed E-state index contributed by atoms with van der Waals surface area (Å²) < 4.78 is 56.1. The van der Waals surface area contributed by atoms with Gasteiger partial charge in [0, 0.05) is 25.1 Å². The average molecular weight is 386 g/mol. The number of piperidine rings is 1. The summed E-state index contributed by atoms with van der Waals surface area (Å²) in [5.41, 5.74) is -0.0825. The second-order valence-corrected chi connectivity index (χ2v) is 7.94. The van der Waals surface area contributed by atoms with Crippen molar-refractivity contribution in [3.63, 3.8) is 0 Å². The summed E-state index contributed by atoms with van der Waals surface area (Å²) in [6.45, 7) is 0.513. The highest BCUT2D eigenvalue weighted by molar-refractivity contribution is 7.88. The molecule has 140 valence electrons. The zero-order valence-electron chi connectivity index (χ0n) is 13.8. The number of nitrogens with zero attached hydrogens (tertiary/aromatic N) is 3. The van der Waals surface area contributed by atoms with Crippen molar-refractivity contribution < 1.29 is 26.4 Å². The topological polar surface area (TPSA) is 105 Å². The molecule has 2 heterocycles. The van der Waals surface area contributed by atoms with E-state index < -0.39 is 27.6 Å². The van der Waals surface area contributed by atoms with E-state index in [0.29, 0.717) is 18.9 Å². The first kappa shape index (κ1) is 18.4. The lowest BCUT2D eigenvalue weighted by atomic mass is 9.97. The molecule has 0 unspecified atom stereocenters. The van der Waals surface area contributed by atoms with Gasteiger partial charge in [-0.25, -0.2) is 21.5 Å². The molecule has 1 aromatic heterocycles. The predicted octanol–water partition coefficient (Wildman–Crippen LogP) is 1.62. The van der Waals surface area contributed by atoms with E-state index in [9.17, 15) is 22.0 Å². The fourth-order valence-corrected chi connectivity index (χ4v) is 3.58. The van der Waals surface area contributed by atoms with Gasteiger partial charge in [0.05, 0.1) is 11.8 Å². The lowest BCUT2D eigenvalue weighted by molar-refractivity contribution is -0.121. The Kier molecular flexibility index (Phi) is 5.01. The van der Waals surface area contributed by atoms with Gasteiger partial charge in [0.25, 0.3) is 5.89 Å². The van der Waals surface area contributed by atoms with Crippen LogP contribution >= 0.6 is 0 Å². The van der Waals surface area contributed by atoms with Crippen molar-refractivity contribution in [1.82, 2.24) is 14.5 Å². The second-order valence-electron chi connectivity index (χ2n) is 5.96. The van der Waals surface area contributed by atoms with Gasteiger partial charge in [0.1, 0.15) is 11.6 Å². The number of benzene rings is 1. The van der Waals surface area contributed by atoms with E-state index in [1.54, 1.807) is 0 Å². The van der Waals surface area contributed by atoms with Crippen LogP contribution in [0.3, 0.4) is 0 Å². The highest BCUT2D eigenvalue weighted by atomic mass is 32.2. The second kappa shape index (κ2) is 7.08. The molecule has 1 amide bonds. The van der Waals surface area contributed by atoms with Crippen LogP contribution in [0.25, 0.3) is 11.5 Å². The summed E-state index contributed by atoms with van der Waals surface area (Å²) in [5, 5.41) is 9.71. The van der Waals surface area contributed by atoms with Crippen LogP contribution in [0.15, 0.2) is 22.6 Å². The maximum atomic E-state index is 13.7. The Balaban J connectivity index is 1.63. The van der Waals surface area contributed by atoms with Gasteiger partial charge in [-0.1, -0.05) is 5.10 Å². The Morgan fingerprint density at radius 2 is 1.96 bits per heavy atom. The average Bonchev–Trinajstić information content (AvgIpc) is 3.02. The number of hydrogen-bond acceptors (Lipinski definition) is 6. The van der Waals surface area contributed by atoms with Crippen molar-refractivity contribution >= 4 is 21.9 Å². The zero-order chi connectivity index (χ0) is 18.9. The molecule has 1 aliphatic rings. The number of anilines is 1. The highest BCUT2D eigenvalue weighted by Gasteiger charge is 2.29. The fraction of sp³-hybridized carbons (Fsp3) is 0.400. The highest BCUT2D eigenvalue weighted by Crippen LogP contribution is 2.25. The molecule has 1 aliphatic heterocycles. The smallest absolute Gasteiger partial charge is 0.322 e. The maximum absolute atomic E-state index is 13.7. The van der Waals surface area contributed by atoms with Crippen molar-refractivity contribution in [2.24, 2.45) is 5.92 Å². The number of amides is 1. The lowest BCUT2D eigenvalue weighted by Crippen LogP contribution is -2.40. The zero-order valence-corrected chi connectivity index (χ0v) is 14.6. The Hall–Kier alpha value is -2.40. The Morgan fingerprint density at radius 3 is 2.58 bits per heavy atom. The van der Waals surface area contributed by atoms with Crippen LogP contribution in [0, 0.1) is 17.6 Å². The summed E-state index contributed by atoms with van der Waals surface area (Å²) in [4.78, 5) is 12.3. The van der Waals surface area contributed by atoms with Crippen LogP contribution in [-0.2, 0) is 14.8 Å². The third-order valence-electron chi connectivity index (χ3n) is 4.11. The van der Waals surface area contributed by atoms with Gasteiger partial charge in [-0.15, -0.1) is 5.10 Å². The minimum atomic E-state index is -3.27. The minimum Gasteiger partial charge on any atom is -0.403 e. The number of nitrogens with one attached hydrogen (secondary N) is 1. The van der Waals surface area contributed by atoms with Crippen molar-refractivity contribution in [2.45, 2.75) is 12.8 Å². The van der Waals surface area contributed by atoms with E-state index in [2.05, 4.69) is 15.5 Å². The van der Waals surface area contributed by atoms with Gasteiger partial charge < -0.3 is 4.42 Å². The van der Waals surface area contributed by atoms with Crippen LogP contribution < -0.4 is 5.32 Å². The maximum Gasteiger partial charge on any atom is 0.322 e. The molecule has 8 nitrogen and oxygen atoms in total. The number of aromatic nitrogens is 2. The van der Waals surface area contributed by atoms with Gasteiger partial charge in [0.15, 0.2) is 0 Å². The number of carbonyl (C=O) groups is 1. The van der Waals surface area contributed by atoms with Gasteiger partial charge in [-0.3, -0.25) is 10.1 Å². The molecule has 26 heavy (non-hydrogen) atoms. The number of carbonyl (C=O) groups excluding carboxylic acids is 1. The van der Waals surface area contributed by atoms with E-state index in [-0.39, 0.29) is 36.5 Å². The first-order valence-corrected chi connectivity index (χ1v) is 9.64. The molecule has 0 saturated carbocycles. The van der Waals surface area contributed by atoms with E-state index in [1.165, 1.54) is 4.31 Å². The van der Waals surface area contributed by atoms with Crippen LogP contribution in [-0.4, -0.2) is 48.2 Å². The monoisotopic (exact) mass is 386 g/mol. The van der Waals surface area contributed by atoms with E-state index in [1.807, 2.05) is 0 Å². The molecule has 1 N–H and O–H groups in total. The summed E-state index contributed by atoms with van der Waals surface area (Å²) in [7, 11) is -3.27. The summed E-state index contributed by atoms with van der Waals surface area (Å²) in [6, 6.07) is 2.69. The molecular formula is C15H16F2N4O4S. The molecule has 3 rings (SSSR count). The van der Waals surface area contributed by atoms with E-state index in [4.69, 9.17) is 4.42 Å². The number of hydrogen-bond donors (Lipinski definition) is 1. The number of halogens is 2. The first-order valence-electron chi connectivity index (χ1n) is 7.79. The Bertz CT molecular complexity index is 923. The van der Waals surface area contributed by atoms with Gasteiger partial charge in [0.2, 0.25) is 15.9 Å². The Labute approximate surface area is 148 Å². The molecule has 11 heteroatoms. The SMILES string of the molecule is CS(=O)(=O)N1CCC(C(=O)Nc2nnc(-c3ccc(F)cc3F)o2)CC1. The molecular weight excluding hydrogens is 370 g/mol. The van der Waals surface area contributed by atoms with Gasteiger partial charge in [-0.05, 0) is 25.0 Å². The van der Waals surface area contributed by atoms with Gasteiger partial charge >= 0.3 is 6.01 Å². The summed E-state index contributed by atoms with van der Waals surface area (Å²) >= 11 is 0. The van der Waals surface area contributed by atoms with Crippen molar-refractivity contribution in [3.8, 4) is 11.5 Å². The third-order valence-corrected chi connectivity index (χ3v) is 5.41. The van der Waals surface area contributed by atoms with Crippen LogP contribution in [0.1, 0.15) is 12.8 Å². The molecule has 0 aliphatic carbocycles. The summed E-state index contributed by atoms with van der Waals surface area (Å²) in [6.07, 6.45) is 1.86. The fourth-order valence-electron chi connectivity index (χ4n) is 2.70. The Morgan fingerprint density at radius 1 is 1.27 bits per heavy atom. The summed E-state index contributed by atoms with van der Waals surface area (Å²) in [5.74, 6) is -2.57. The molecule has 1 saturated heterocycles. The first-order chi connectivity index (χ1) is 12.2. The minimum absolute atomic E-state index is 0.0825.